The highest BCUT2D eigenvalue weighted by Crippen LogP contribution is 2.21. The number of nitrogens with zero attached hydrogens (tertiary/aromatic N) is 4. The lowest BCUT2D eigenvalue weighted by Gasteiger charge is -2.11. The summed E-state index contributed by atoms with van der Waals surface area (Å²) in [6.07, 6.45) is 0. The number of para-hydroxylation sites is 2. The molecule has 0 aliphatic rings. The number of aromatic nitrogens is 4. The van der Waals surface area contributed by atoms with Crippen molar-refractivity contribution in [3.63, 3.8) is 0 Å². The molecule has 1 heterocycles. The molecule has 2 aromatic carbocycles. The molecule has 0 saturated carbocycles. The Morgan fingerprint density at radius 3 is 2.75 bits per heavy atom. The molecule has 0 radical (unpaired) electrons. The Morgan fingerprint density at radius 2 is 1.96 bits per heavy atom. The monoisotopic (exact) mass is 387 g/mol. The van der Waals surface area contributed by atoms with Crippen LogP contribution in [0.15, 0.2) is 53.0 Å². The largest absolute Gasteiger partial charge is 0.465 e. The SMILES string of the molecule is COC(=O)c1ccccc1NCc1nnnn1-c1ccccc1Br. The standard InChI is InChI=1S/C16H14BrN5O2/c1-24-16(23)11-6-2-4-8-13(11)18-10-15-19-20-21-22(15)14-9-5-3-7-12(14)17/h2-9,18H,10H2,1H3. The molecule has 1 N–H and O–H groups in total. The minimum atomic E-state index is -0.400. The number of benzene rings is 2. The third kappa shape index (κ3) is 3.28. The molecule has 0 aliphatic carbocycles. The number of tetrazole rings is 1. The smallest absolute Gasteiger partial charge is 0.339 e. The van der Waals surface area contributed by atoms with Crippen molar-refractivity contribution in [1.82, 2.24) is 20.2 Å². The Morgan fingerprint density at radius 1 is 1.21 bits per heavy atom. The van der Waals surface area contributed by atoms with E-state index in [1.807, 2.05) is 30.3 Å². The van der Waals surface area contributed by atoms with E-state index in [9.17, 15) is 4.79 Å². The second kappa shape index (κ2) is 7.22. The van der Waals surface area contributed by atoms with Crippen molar-refractivity contribution >= 4 is 27.6 Å². The zero-order valence-electron chi connectivity index (χ0n) is 12.8. The molecule has 0 unspecified atom stereocenters. The Balaban J connectivity index is 1.84. The third-order valence-electron chi connectivity index (χ3n) is 3.38. The second-order valence-electron chi connectivity index (χ2n) is 4.85. The van der Waals surface area contributed by atoms with E-state index in [0.717, 1.165) is 10.2 Å². The number of nitrogens with one attached hydrogen (secondary N) is 1. The van der Waals surface area contributed by atoms with Crippen LogP contribution in [-0.4, -0.2) is 33.3 Å². The number of esters is 1. The van der Waals surface area contributed by atoms with Crippen LogP contribution in [0.4, 0.5) is 5.69 Å². The Labute approximate surface area is 146 Å². The van der Waals surface area contributed by atoms with Gasteiger partial charge in [-0.1, -0.05) is 24.3 Å². The van der Waals surface area contributed by atoms with Crippen molar-refractivity contribution in [2.45, 2.75) is 6.54 Å². The van der Waals surface area contributed by atoms with E-state index in [-0.39, 0.29) is 0 Å². The molecule has 1 aromatic heterocycles. The van der Waals surface area contributed by atoms with Gasteiger partial charge in [-0.3, -0.25) is 0 Å². The van der Waals surface area contributed by atoms with E-state index in [0.29, 0.717) is 23.6 Å². The average molecular weight is 388 g/mol. The number of ether oxygens (including phenoxy) is 1. The molecule has 0 aliphatic heterocycles. The molecule has 0 spiro atoms. The van der Waals surface area contributed by atoms with Crippen molar-refractivity contribution in [3.05, 3.63) is 64.4 Å². The van der Waals surface area contributed by atoms with Crippen LogP contribution >= 0.6 is 15.9 Å². The number of methoxy groups -OCH3 is 1. The number of carbonyl (C=O) groups excluding carboxylic acids is 1. The van der Waals surface area contributed by atoms with Crippen molar-refractivity contribution in [3.8, 4) is 5.69 Å². The van der Waals surface area contributed by atoms with Gasteiger partial charge < -0.3 is 10.1 Å². The summed E-state index contributed by atoms with van der Waals surface area (Å²) in [6, 6.07) is 14.8. The molecular weight excluding hydrogens is 374 g/mol. The van der Waals surface area contributed by atoms with Crippen LogP contribution in [-0.2, 0) is 11.3 Å². The summed E-state index contributed by atoms with van der Waals surface area (Å²) >= 11 is 3.49. The predicted octanol–water partition coefficient (Wildman–Crippen LogP) is 2.82. The lowest BCUT2D eigenvalue weighted by atomic mass is 10.2. The minimum absolute atomic E-state index is 0.350. The highest BCUT2D eigenvalue weighted by molar-refractivity contribution is 9.10. The van der Waals surface area contributed by atoms with E-state index in [2.05, 4.69) is 36.8 Å². The van der Waals surface area contributed by atoms with E-state index < -0.39 is 5.97 Å². The Hall–Kier alpha value is -2.74. The van der Waals surface area contributed by atoms with Gasteiger partial charge in [0.05, 0.1) is 24.9 Å². The lowest BCUT2D eigenvalue weighted by molar-refractivity contribution is 0.0602. The summed E-state index contributed by atoms with van der Waals surface area (Å²) < 4.78 is 7.31. The summed E-state index contributed by atoms with van der Waals surface area (Å²) in [5, 5.41) is 15.0. The topological polar surface area (TPSA) is 81.9 Å². The van der Waals surface area contributed by atoms with Gasteiger partial charge in [-0.25, -0.2) is 4.79 Å². The predicted molar refractivity (Wildman–Crippen MR) is 92.0 cm³/mol. The maximum Gasteiger partial charge on any atom is 0.339 e. The Bertz CT molecular complexity index is 865. The molecule has 3 aromatic rings. The average Bonchev–Trinajstić information content (AvgIpc) is 3.08. The first kappa shape index (κ1) is 16.1. The summed E-state index contributed by atoms with van der Waals surface area (Å²) in [7, 11) is 1.35. The van der Waals surface area contributed by atoms with Crippen molar-refractivity contribution < 1.29 is 9.53 Å². The zero-order chi connectivity index (χ0) is 16.9. The first-order valence-corrected chi connectivity index (χ1v) is 7.93. The molecule has 7 nitrogen and oxygen atoms in total. The highest BCUT2D eigenvalue weighted by atomic mass is 79.9. The van der Waals surface area contributed by atoms with Crippen LogP contribution in [0, 0.1) is 0 Å². The number of carbonyl (C=O) groups is 1. The van der Waals surface area contributed by atoms with Gasteiger partial charge in [0.2, 0.25) is 0 Å². The number of anilines is 1. The van der Waals surface area contributed by atoms with Crippen molar-refractivity contribution in [2.75, 3.05) is 12.4 Å². The maximum absolute atomic E-state index is 11.8. The summed E-state index contributed by atoms with van der Waals surface area (Å²) in [6.45, 7) is 0.350. The van der Waals surface area contributed by atoms with E-state index in [1.165, 1.54) is 7.11 Å². The fourth-order valence-electron chi connectivity index (χ4n) is 2.23. The molecule has 8 heteroatoms. The van der Waals surface area contributed by atoms with Gasteiger partial charge in [-0.15, -0.1) is 5.10 Å². The summed E-state index contributed by atoms with van der Waals surface area (Å²) in [5.74, 6) is 0.213. The highest BCUT2D eigenvalue weighted by Gasteiger charge is 2.14. The van der Waals surface area contributed by atoms with E-state index >= 15 is 0 Å². The summed E-state index contributed by atoms with van der Waals surface area (Å²) in [4.78, 5) is 11.8. The van der Waals surface area contributed by atoms with Crippen LogP contribution in [0.1, 0.15) is 16.2 Å². The third-order valence-corrected chi connectivity index (χ3v) is 4.05. The summed E-state index contributed by atoms with van der Waals surface area (Å²) in [5.41, 5.74) is 1.95. The molecule has 0 atom stereocenters. The van der Waals surface area contributed by atoms with Crippen molar-refractivity contribution in [2.24, 2.45) is 0 Å². The van der Waals surface area contributed by atoms with Gasteiger partial charge in [-0.2, -0.15) is 4.68 Å². The second-order valence-corrected chi connectivity index (χ2v) is 5.70. The molecule has 24 heavy (non-hydrogen) atoms. The fraction of sp³-hybridized carbons (Fsp3) is 0.125. The van der Waals surface area contributed by atoms with Gasteiger partial charge in [-0.05, 0) is 50.6 Å². The maximum atomic E-state index is 11.8. The normalized spacial score (nSPS) is 10.4. The van der Waals surface area contributed by atoms with Gasteiger partial charge in [0, 0.05) is 10.2 Å². The number of hydrogen-bond acceptors (Lipinski definition) is 6. The quantitative estimate of drug-likeness (QED) is 0.677. The number of rotatable bonds is 5. The number of hydrogen-bond donors (Lipinski definition) is 1. The van der Waals surface area contributed by atoms with Crippen LogP contribution < -0.4 is 5.32 Å². The van der Waals surface area contributed by atoms with Gasteiger partial charge in [0.25, 0.3) is 0 Å². The first-order valence-electron chi connectivity index (χ1n) is 7.14. The van der Waals surface area contributed by atoms with Crippen LogP contribution in [0.3, 0.4) is 0 Å². The Kier molecular flexibility index (Phi) is 4.85. The minimum Gasteiger partial charge on any atom is -0.465 e. The molecule has 0 amide bonds. The van der Waals surface area contributed by atoms with Gasteiger partial charge >= 0.3 is 5.97 Å². The van der Waals surface area contributed by atoms with Gasteiger partial charge in [0.1, 0.15) is 0 Å². The molecule has 0 saturated heterocycles. The van der Waals surface area contributed by atoms with Crippen LogP contribution in [0.5, 0.6) is 0 Å². The fourth-order valence-corrected chi connectivity index (χ4v) is 2.68. The molecule has 0 bridgehead atoms. The van der Waals surface area contributed by atoms with Crippen molar-refractivity contribution in [1.29, 1.82) is 0 Å². The number of halogens is 1. The van der Waals surface area contributed by atoms with E-state index in [4.69, 9.17) is 4.74 Å². The van der Waals surface area contributed by atoms with Crippen LogP contribution in [0.25, 0.3) is 5.69 Å². The molecule has 122 valence electrons. The zero-order valence-corrected chi connectivity index (χ0v) is 14.4. The molecular formula is C16H14BrN5O2. The first-order chi connectivity index (χ1) is 11.7. The van der Waals surface area contributed by atoms with Gasteiger partial charge in [0.15, 0.2) is 5.82 Å². The molecule has 3 rings (SSSR count). The lowest BCUT2D eigenvalue weighted by Crippen LogP contribution is -2.12. The van der Waals surface area contributed by atoms with E-state index in [1.54, 1.807) is 22.9 Å². The van der Waals surface area contributed by atoms with Crippen LogP contribution in [0.2, 0.25) is 0 Å². The molecule has 0 fully saturated rings.